The van der Waals surface area contributed by atoms with Crippen molar-refractivity contribution in [2.75, 3.05) is 14.1 Å². The second-order valence-electron chi connectivity index (χ2n) is 7.34. The summed E-state index contributed by atoms with van der Waals surface area (Å²) >= 11 is 1.19. The van der Waals surface area contributed by atoms with Crippen LogP contribution in [0.2, 0.25) is 0 Å². The maximum atomic E-state index is 12.7. The van der Waals surface area contributed by atoms with Gasteiger partial charge in [-0.05, 0) is 23.3 Å². The first-order valence-electron chi connectivity index (χ1n) is 9.61. The lowest BCUT2D eigenvalue weighted by molar-refractivity contribution is -0.129. The zero-order valence-electron chi connectivity index (χ0n) is 17.0. The highest BCUT2D eigenvalue weighted by Crippen LogP contribution is 2.44. The second kappa shape index (κ2) is 8.20. The van der Waals surface area contributed by atoms with Crippen molar-refractivity contribution in [2.24, 2.45) is 0 Å². The van der Waals surface area contributed by atoms with Gasteiger partial charge in [0, 0.05) is 25.2 Å². The minimum Gasteiger partial charge on any atom is -0.477 e. The van der Waals surface area contributed by atoms with Crippen LogP contribution in [0.3, 0.4) is 0 Å². The Morgan fingerprint density at radius 3 is 2.39 bits per heavy atom. The molecule has 2 heterocycles. The van der Waals surface area contributed by atoms with E-state index in [0.29, 0.717) is 11.1 Å². The molecule has 0 atom stereocenters. The minimum absolute atomic E-state index is 0.0484. The number of fused-ring (bicyclic) bond motifs is 1. The first kappa shape index (κ1) is 20.6. The summed E-state index contributed by atoms with van der Waals surface area (Å²) in [4.78, 5) is 37.5. The monoisotopic (exact) mass is 432 g/mol. The summed E-state index contributed by atoms with van der Waals surface area (Å²) in [5, 5.41) is 9.57. The molecule has 0 spiro atoms. The average Bonchev–Trinajstić information content (AvgIpc) is 3.32. The van der Waals surface area contributed by atoms with Gasteiger partial charge in [-0.3, -0.25) is 9.59 Å². The number of aromatic nitrogens is 1. The third kappa shape index (κ3) is 3.75. The zero-order valence-corrected chi connectivity index (χ0v) is 17.8. The maximum Gasteiger partial charge on any atom is 0.345 e. The number of rotatable bonds is 6. The van der Waals surface area contributed by atoms with Crippen LogP contribution in [0.1, 0.15) is 20.0 Å². The normalized spacial score (nSPS) is 10.9. The number of carboxylic acid groups (broad SMARTS) is 1. The van der Waals surface area contributed by atoms with E-state index in [-0.39, 0.29) is 17.3 Å². The van der Waals surface area contributed by atoms with E-state index in [0.717, 1.165) is 33.4 Å². The van der Waals surface area contributed by atoms with Gasteiger partial charge in [-0.2, -0.15) is 0 Å². The molecule has 0 aliphatic rings. The molecule has 7 heteroatoms. The van der Waals surface area contributed by atoms with Crippen LogP contribution in [0.15, 0.2) is 60.7 Å². The van der Waals surface area contributed by atoms with E-state index in [4.69, 9.17) is 0 Å². The Balaban J connectivity index is 2.11. The molecule has 4 rings (SSSR count). The number of thiophene rings is 1. The maximum absolute atomic E-state index is 12.7. The summed E-state index contributed by atoms with van der Waals surface area (Å²) in [6.07, 6.45) is 0.787. The first-order chi connectivity index (χ1) is 14.9. The Morgan fingerprint density at radius 2 is 1.74 bits per heavy atom. The number of amides is 1. The topological polar surface area (TPSA) is 79.6 Å². The molecule has 0 saturated heterocycles. The predicted octanol–water partition coefficient (Wildman–Crippen LogP) is 4.64. The van der Waals surface area contributed by atoms with Crippen LogP contribution < -0.4 is 0 Å². The molecule has 2 aromatic carbocycles. The van der Waals surface area contributed by atoms with Crippen molar-refractivity contribution < 1.29 is 19.5 Å². The van der Waals surface area contributed by atoms with Crippen molar-refractivity contribution in [1.29, 1.82) is 0 Å². The smallest absolute Gasteiger partial charge is 0.345 e. The number of likely N-dealkylation sites (N-methyl/N-ethyl adjacent to an activating group) is 1. The van der Waals surface area contributed by atoms with Crippen LogP contribution in [0.5, 0.6) is 0 Å². The van der Waals surface area contributed by atoms with Gasteiger partial charge in [0.2, 0.25) is 5.91 Å². The lowest BCUT2D eigenvalue weighted by Crippen LogP contribution is -2.26. The molecule has 0 fully saturated rings. The van der Waals surface area contributed by atoms with E-state index < -0.39 is 5.97 Å². The molecule has 156 valence electrons. The fourth-order valence-electron chi connectivity index (χ4n) is 3.60. The molecule has 0 unspecified atom stereocenters. The average molecular weight is 433 g/mol. The molecule has 0 bridgehead atoms. The Kier molecular flexibility index (Phi) is 5.44. The lowest BCUT2D eigenvalue weighted by atomic mass is 10.00. The highest BCUT2D eigenvalue weighted by atomic mass is 32.1. The van der Waals surface area contributed by atoms with Crippen molar-refractivity contribution in [3.05, 3.63) is 71.1 Å². The number of carbonyl (C=O) groups excluding carboxylic acids is 2. The number of hydrogen-bond donors (Lipinski definition) is 1. The number of nitrogens with zero attached hydrogens (tertiary/aromatic N) is 2. The van der Waals surface area contributed by atoms with Crippen LogP contribution in [0.25, 0.3) is 32.6 Å². The molecule has 0 radical (unpaired) electrons. The van der Waals surface area contributed by atoms with Gasteiger partial charge in [0.15, 0.2) is 0 Å². The van der Waals surface area contributed by atoms with E-state index in [2.05, 4.69) is 0 Å². The fraction of sp³-hybridized carbons (Fsp3) is 0.125. The molecule has 31 heavy (non-hydrogen) atoms. The first-order valence-corrected chi connectivity index (χ1v) is 10.4. The van der Waals surface area contributed by atoms with Gasteiger partial charge in [-0.15, -0.1) is 11.3 Å². The van der Waals surface area contributed by atoms with Crippen LogP contribution in [0.4, 0.5) is 0 Å². The summed E-state index contributed by atoms with van der Waals surface area (Å²) in [5.74, 6) is -1.12. The second-order valence-corrected chi connectivity index (χ2v) is 8.39. The highest BCUT2D eigenvalue weighted by Gasteiger charge is 2.25. The molecule has 1 N–H and O–H groups in total. The van der Waals surface area contributed by atoms with Gasteiger partial charge in [-0.1, -0.05) is 48.5 Å². The Morgan fingerprint density at radius 1 is 1.03 bits per heavy atom. The Bertz CT molecular complexity index is 1300. The summed E-state index contributed by atoms with van der Waals surface area (Å²) < 4.78 is 2.65. The Labute approximate surface area is 183 Å². The van der Waals surface area contributed by atoms with Gasteiger partial charge in [-0.25, -0.2) is 4.79 Å². The van der Waals surface area contributed by atoms with E-state index in [1.54, 1.807) is 38.4 Å². The number of aldehydes is 1. The number of aromatic carboxylic acids is 1. The molecular weight excluding hydrogens is 412 g/mol. The molecule has 0 aliphatic heterocycles. The van der Waals surface area contributed by atoms with Crippen molar-refractivity contribution in [2.45, 2.75) is 6.54 Å². The molecule has 1 amide bonds. The molecule has 0 aliphatic carbocycles. The highest BCUT2D eigenvalue weighted by molar-refractivity contribution is 7.21. The van der Waals surface area contributed by atoms with E-state index in [9.17, 15) is 19.5 Å². The van der Waals surface area contributed by atoms with Crippen molar-refractivity contribution in [1.82, 2.24) is 9.47 Å². The van der Waals surface area contributed by atoms with Gasteiger partial charge in [0.05, 0.1) is 15.9 Å². The number of carbonyl (C=O) groups is 3. The van der Waals surface area contributed by atoms with Gasteiger partial charge in [0.25, 0.3) is 0 Å². The van der Waals surface area contributed by atoms with Gasteiger partial charge < -0.3 is 14.6 Å². The SMILES string of the molecule is CN(C)C(=O)Cn1c(-c2cccc(C=O)c2)c(-c2ccccc2)c2sc(C(=O)O)cc21. The van der Waals surface area contributed by atoms with E-state index >= 15 is 0 Å². The van der Waals surface area contributed by atoms with Crippen molar-refractivity contribution in [3.8, 4) is 22.4 Å². The summed E-state index contributed by atoms with van der Waals surface area (Å²) in [6, 6.07) is 18.5. The molecule has 6 nitrogen and oxygen atoms in total. The number of benzene rings is 2. The van der Waals surface area contributed by atoms with Gasteiger partial charge in [0.1, 0.15) is 17.7 Å². The third-order valence-electron chi connectivity index (χ3n) is 5.10. The van der Waals surface area contributed by atoms with Crippen LogP contribution in [-0.2, 0) is 11.3 Å². The largest absolute Gasteiger partial charge is 0.477 e. The van der Waals surface area contributed by atoms with E-state index in [1.807, 2.05) is 41.0 Å². The molecule has 4 aromatic rings. The number of hydrogen-bond acceptors (Lipinski definition) is 4. The fourth-order valence-corrected chi connectivity index (χ4v) is 4.67. The quantitative estimate of drug-likeness (QED) is 0.450. The Hall–Kier alpha value is -3.71. The van der Waals surface area contributed by atoms with Crippen LogP contribution in [-0.4, -0.2) is 46.8 Å². The van der Waals surface area contributed by atoms with E-state index in [1.165, 1.54) is 16.2 Å². The summed E-state index contributed by atoms with van der Waals surface area (Å²) in [7, 11) is 3.37. The zero-order chi connectivity index (χ0) is 22.1. The van der Waals surface area contributed by atoms with Crippen molar-refractivity contribution >= 4 is 39.7 Å². The third-order valence-corrected chi connectivity index (χ3v) is 6.23. The van der Waals surface area contributed by atoms with Crippen molar-refractivity contribution in [3.63, 3.8) is 0 Å². The molecule has 0 saturated carbocycles. The predicted molar refractivity (Wildman–Crippen MR) is 122 cm³/mol. The molecule has 2 aromatic heterocycles. The molecular formula is C24H20N2O4S. The minimum atomic E-state index is -1.00. The summed E-state index contributed by atoms with van der Waals surface area (Å²) in [6.45, 7) is 0.0484. The summed E-state index contributed by atoms with van der Waals surface area (Å²) in [5.41, 5.74) is 4.54. The van der Waals surface area contributed by atoms with Crippen LogP contribution in [0, 0.1) is 0 Å². The number of carboxylic acids is 1. The standard InChI is InChI=1S/C24H20N2O4S/c1-25(2)20(28)13-26-18-12-19(24(29)30)31-23(18)21(16-8-4-3-5-9-16)22(26)17-10-6-7-15(11-17)14-27/h3-12,14H,13H2,1-2H3,(H,29,30). The van der Waals surface area contributed by atoms with Gasteiger partial charge >= 0.3 is 5.97 Å². The lowest BCUT2D eigenvalue weighted by Gasteiger charge is -2.16. The van der Waals surface area contributed by atoms with Crippen LogP contribution >= 0.6 is 11.3 Å².